The molecule has 0 spiro atoms. The van der Waals surface area contributed by atoms with Gasteiger partial charge in [0.1, 0.15) is 6.04 Å². The molecule has 16 heavy (non-hydrogen) atoms. The van der Waals surface area contributed by atoms with Crippen molar-refractivity contribution in [1.82, 2.24) is 4.90 Å². The van der Waals surface area contributed by atoms with Gasteiger partial charge in [-0.15, -0.1) is 0 Å². The van der Waals surface area contributed by atoms with Crippen molar-refractivity contribution in [2.45, 2.75) is 25.8 Å². The lowest BCUT2D eigenvalue weighted by Gasteiger charge is -2.23. The minimum atomic E-state index is -0.986. The van der Waals surface area contributed by atoms with Gasteiger partial charge in [0.05, 0.1) is 0 Å². The molecule has 1 aliphatic rings. The summed E-state index contributed by atoms with van der Waals surface area (Å²) in [7, 11) is 0. The van der Waals surface area contributed by atoms with Crippen LogP contribution in [-0.2, 0) is 9.59 Å². The van der Waals surface area contributed by atoms with Gasteiger partial charge in [0.2, 0.25) is 5.91 Å². The molecule has 1 saturated heterocycles. The third-order valence-corrected chi connectivity index (χ3v) is 2.69. The predicted molar refractivity (Wildman–Crippen MR) is 55.5 cm³/mol. The zero-order valence-corrected chi connectivity index (χ0v) is 9.04. The first-order valence-corrected chi connectivity index (χ1v) is 5.13. The fraction of sp³-hybridized carbons (Fsp3) is 0.778. The monoisotopic (exact) mass is 226 g/mol. The molecule has 0 aromatic heterocycles. The first-order chi connectivity index (χ1) is 7.60. The number of hydrogen-bond acceptors (Lipinski definition) is 3. The fourth-order valence-corrected chi connectivity index (χ4v) is 1.91. The summed E-state index contributed by atoms with van der Waals surface area (Å²) in [6.07, 6.45) is 0.651. The Bertz CT molecular complexity index is 338. The van der Waals surface area contributed by atoms with Crippen molar-refractivity contribution >= 4 is 11.9 Å². The smallest absolute Gasteiger partial charge is 0.326 e. The van der Waals surface area contributed by atoms with Gasteiger partial charge in [-0.25, -0.2) is 4.79 Å². The highest BCUT2D eigenvalue weighted by molar-refractivity contribution is 5.85. The zero-order valence-electron chi connectivity index (χ0n) is 9.04. The summed E-state index contributed by atoms with van der Waals surface area (Å²) < 4.78 is 0. The normalized spacial score (nSPS) is 21.7. The van der Waals surface area contributed by atoms with E-state index < -0.39 is 12.0 Å². The molecular formula is C9H14N4O3. The van der Waals surface area contributed by atoms with Gasteiger partial charge in [0.25, 0.3) is 0 Å². The largest absolute Gasteiger partial charge is 0.480 e. The van der Waals surface area contributed by atoms with Crippen LogP contribution in [0.3, 0.4) is 0 Å². The van der Waals surface area contributed by atoms with Crippen molar-refractivity contribution in [3.05, 3.63) is 10.4 Å². The van der Waals surface area contributed by atoms with E-state index in [-0.39, 0.29) is 24.8 Å². The van der Waals surface area contributed by atoms with Crippen LogP contribution in [-0.4, -0.2) is 41.0 Å². The first-order valence-electron chi connectivity index (χ1n) is 5.13. The van der Waals surface area contributed by atoms with Gasteiger partial charge in [-0.05, 0) is 17.9 Å². The van der Waals surface area contributed by atoms with Crippen molar-refractivity contribution in [3.8, 4) is 0 Å². The van der Waals surface area contributed by atoms with Gasteiger partial charge in [-0.1, -0.05) is 12.0 Å². The third kappa shape index (κ3) is 2.64. The number of azide groups is 1. The summed E-state index contributed by atoms with van der Waals surface area (Å²) in [5.74, 6) is -1.22. The Labute approximate surface area is 92.7 Å². The second-order valence-electron chi connectivity index (χ2n) is 3.79. The van der Waals surface area contributed by atoms with Crippen LogP contribution in [0.2, 0.25) is 0 Å². The minimum Gasteiger partial charge on any atom is -0.480 e. The van der Waals surface area contributed by atoms with E-state index in [1.165, 1.54) is 4.90 Å². The van der Waals surface area contributed by atoms with E-state index in [0.717, 1.165) is 0 Å². The molecule has 1 amide bonds. The average Bonchev–Trinajstić information content (AvgIpc) is 2.58. The lowest BCUT2D eigenvalue weighted by molar-refractivity contribution is -0.148. The summed E-state index contributed by atoms with van der Waals surface area (Å²) in [5.41, 5.74) is 8.17. The summed E-state index contributed by atoms with van der Waals surface area (Å²) in [4.78, 5) is 26.5. The van der Waals surface area contributed by atoms with Crippen LogP contribution < -0.4 is 0 Å². The van der Waals surface area contributed by atoms with Gasteiger partial charge in [0, 0.05) is 24.4 Å². The molecule has 0 saturated carbocycles. The number of carboxylic acids is 1. The SMILES string of the molecule is CC[C@@H](C(=O)O)N1CC(CN=[N+]=[N-])CC1=O. The van der Waals surface area contributed by atoms with Crippen LogP contribution in [0.1, 0.15) is 19.8 Å². The number of hydrogen-bond donors (Lipinski definition) is 1. The molecule has 7 heteroatoms. The first kappa shape index (κ1) is 12.3. The van der Waals surface area contributed by atoms with Crippen molar-refractivity contribution in [2.75, 3.05) is 13.1 Å². The lowest BCUT2D eigenvalue weighted by Crippen LogP contribution is -2.41. The number of carbonyl (C=O) groups is 2. The highest BCUT2D eigenvalue weighted by atomic mass is 16.4. The summed E-state index contributed by atoms with van der Waals surface area (Å²) in [6, 6.07) is -0.761. The van der Waals surface area contributed by atoms with Crippen molar-refractivity contribution < 1.29 is 14.7 Å². The number of nitrogens with zero attached hydrogens (tertiary/aromatic N) is 4. The molecule has 2 atom stereocenters. The fourth-order valence-electron chi connectivity index (χ4n) is 1.91. The number of likely N-dealkylation sites (tertiary alicyclic amines) is 1. The Kier molecular flexibility index (Phi) is 4.13. The van der Waals surface area contributed by atoms with Crippen molar-refractivity contribution in [2.24, 2.45) is 11.0 Å². The molecule has 1 N–H and O–H groups in total. The third-order valence-electron chi connectivity index (χ3n) is 2.69. The molecule has 0 radical (unpaired) electrons. The van der Waals surface area contributed by atoms with Gasteiger partial charge in [-0.2, -0.15) is 0 Å². The summed E-state index contributed by atoms with van der Waals surface area (Å²) in [6.45, 7) is 2.34. The van der Waals surface area contributed by atoms with Gasteiger partial charge in [-0.3, -0.25) is 4.79 Å². The molecule has 1 unspecified atom stereocenters. The average molecular weight is 226 g/mol. The molecule has 0 aliphatic carbocycles. The number of rotatable bonds is 5. The second-order valence-corrected chi connectivity index (χ2v) is 3.79. The van der Waals surface area contributed by atoms with Crippen LogP contribution in [0.15, 0.2) is 5.11 Å². The Hall–Kier alpha value is -1.75. The van der Waals surface area contributed by atoms with E-state index in [9.17, 15) is 9.59 Å². The summed E-state index contributed by atoms with van der Waals surface area (Å²) >= 11 is 0. The molecule has 1 heterocycles. The van der Waals surface area contributed by atoms with E-state index in [1.807, 2.05) is 0 Å². The van der Waals surface area contributed by atoms with E-state index in [2.05, 4.69) is 10.0 Å². The lowest BCUT2D eigenvalue weighted by atomic mass is 10.1. The second kappa shape index (κ2) is 5.37. The molecule has 1 rings (SSSR count). The predicted octanol–water partition coefficient (Wildman–Crippen LogP) is 1.01. The van der Waals surface area contributed by atoms with E-state index in [0.29, 0.717) is 13.0 Å². The minimum absolute atomic E-state index is 0.0585. The number of carboxylic acid groups (broad SMARTS) is 1. The maximum absolute atomic E-state index is 11.6. The molecule has 0 aromatic carbocycles. The molecule has 88 valence electrons. The maximum Gasteiger partial charge on any atom is 0.326 e. The molecule has 0 bridgehead atoms. The molecule has 0 aromatic rings. The van der Waals surface area contributed by atoms with E-state index >= 15 is 0 Å². The van der Waals surface area contributed by atoms with Crippen LogP contribution in [0.5, 0.6) is 0 Å². The van der Waals surface area contributed by atoms with E-state index in [1.54, 1.807) is 6.92 Å². The summed E-state index contributed by atoms with van der Waals surface area (Å²) in [5, 5.41) is 12.3. The van der Waals surface area contributed by atoms with Gasteiger partial charge in [0.15, 0.2) is 0 Å². The van der Waals surface area contributed by atoms with Crippen LogP contribution in [0.4, 0.5) is 0 Å². The standard InChI is InChI=1S/C9H14N4O3/c1-2-7(9(15)16)13-5-6(3-8(13)14)4-11-12-10/h6-7H,2-5H2,1H3,(H,15,16)/t6?,7-/m0/s1. The Balaban J connectivity index is 2.66. The molecule has 1 fully saturated rings. The van der Waals surface area contributed by atoms with E-state index in [4.69, 9.17) is 10.6 Å². The van der Waals surface area contributed by atoms with Crippen LogP contribution in [0.25, 0.3) is 10.4 Å². The number of amides is 1. The van der Waals surface area contributed by atoms with Gasteiger partial charge < -0.3 is 10.0 Å². The highest BCUT2D eigenvalue weighted by Crippen LogP contribution is 2.21. The quantitative estimate of drug-likeness (QED) is 0.429. The molecule has 7 nitrogen and oxygen atoms in total. The van der Waals surface area contributed by atoms with Crippen LogP contribution >= 0.6 is 0 Å². The molecular weight excluding hydrogens is 212 g/mol. The Morgan fingerprint density at radius 2 is 2.50 bits per heavy atom. The Morgan fingerprint density at radius 1 is 1.81 bits per heavy atom. The maximum atomic E-state index is 11.6. The van der Waals surface area contributed by atoms with Crippen molar-refractivity contribution in [1.29, 1.82) is 0 Å². The Morgan fingerprint density at radius 3 is 3.00 bits per heavy atom. The number of carbonyl (C=O) groups excluding carboxylic acids is 1. The van der Waals surface area contributed by atoms with Crippen molar-refractivity contribution in [3.63, 3.8) is 0 Å². The highest BCUT2D eigenvalue weighted by Gasteiger charge is 2.36. The zero-order chi connectivity index (χ0) is 12.1. The number of aliphatic carboxylic acids is 1. The topological polar surface area (TPSA) is 106 Å². The van der Waals surface area contributed by atoms with Crippen LogP contribution in [0, 0.1) is 5.92 Å². The van der Waals surface area contributed by atoms with Gasteiger partial charge >= 0.3 is 5.97 Å². The molecule has 1 aliphatic heterocycles.